The SMILES string of the molecule is N.N.O=C([O-])CN(CCN(CC(=O)[O-])CC(=O)O)CC(=O)O.[Zn+2]. The molecule has 23 heavy (non-hydrogen) atoms. The number of carboxylic acids is 4. The summed E-state index contributed by atoms with van der Waals surface area (Å²) in [6.07, 6.45) is 0. The monoisotopic (exact) mass is 388 g/mol. The van der Waals surface area contributed by atoms with Crippen molar-refractivity contribution in [1.82, 2.24) is 22.1 Å². The smallest absolute Gasteiger partial charge is 0.549 e. The minimum absolute atomic E-state index is 0. The molecule has 130 valence electrons. The number of hydrogen-bond donors (Lipinski definition) is 4. The number of carbonyl (C=O) groups is 4. The Balaban J connectivity index is -0.000000602. The molecular formula is C10H20N4O8Zn. The third-order valence-corrected chi connectivity index (χ3v) is 2.16. The van der Waals surface area contributed by atoms with Crippen LogP contribution in [0.25, 0.3) is 0 Å². The molecule has 0 radical (unpaired) electrons. The van der Waals surface area contributed by atoms with Crippen molar-refractivity contribution in [3.8, 4) is 0 Å². The summed E-state index contributed by atoms with van der Waals surface area (Å²) < 4.78 is 0. The zero-order valence-electron chi connectivity index (χ0n) is 12.6. The molecule has 0 spiro atoms. The van der Waals surface area contributed by atoms with Gasteiger partial charge in [0.2, 0.25) is 0 Å². The van der Waals surface area contributed by atoms with Gasteiger partial charge in [0.05, 0.1) is 25.0 Å². The summed E-state index contributed by atoms with van der Waals surface area (Å²) in [6.45, 7) is -2.75. The quantitative estimate of drug-likeness (QED) is 0.245. The van der Waals surface area contributed by atoms with Crippen molar-refractivity contribution in [2.24, 2.45) is 0 Å². The topological polar surface area (TPSA) is 231 Å². The van der Waals surface area contributed by atoms with E-state index in [2.05, 4.69) is 0 Å². The third kappa shape index (κ3) is 18.3. The van der Waals surface area contributed by atoms with Crippen molar-refractivity contribution in [3.05, 3.63) is 0 Å². The molecule has 0 aliphatic carbocycles. The number of hydrogen-bond acceptors (Lipinski definition) is 10. The first kappa shape index (κ1) is 29.4. The van der Waals surface area contributed by atoms with E-state index in [-0.39, 0.29) is 44.9 Å². The second-order valence-corrected chi connectivity index (χ2v) is 3.95. The molecule has 8 N–H and O–H groups in total. The molecule has 0 aliphatic heterocycles. The van der Waals surface area contributed by atoms with Gasteiger partial charge in [-0.05, 0) is 0 Å². The molecule has 0 bridgehead atoms. The number of aliphatic carboxylic acids is 4. The van der Waals surface area contributed by atoms with Crippen LogP contribution in [-0.2, 0) is 38.7 Å². The molecule has 0 aromatic rings. The van der Waals surface area contributed by atoms with Gasteiger partial charge in [-0.3, -0.25) is 19.4 Å². The largest absolute Gasteiger partial charge is 2.00 e. The molecular weight excluding hydrogens is 370 g/mol. The van der Waals surface area contributed by atoms with Crippen molar-refractivity contribution in [2.75, 3.05) is 39.3 Å². The molecule has 12 nitrogen and oxygen atoms in total. The van der Waals surface area contributed by atoms with E-state index in [0.29, 0.717) is 0 Å². The van der Waals surface area contributed by atoms with Gasteiger partial charge in [0.15, 0.2) is 0 Å². The zero-order valence-corrected chi connectivity index (χ0v) is 15.6. The van der Waals surface area contributed by atoms with Crippen LogP contribution < -0.4 is 22.5 Å². The maximum atomic E-state index is 10.5. The van der Waals surface area contributed by atoms with Crippen LogP contribution in [-0.4, -0.2) is 83.2 Å². The molecule has 13 heteroatoms. The summed E-state index contributed by atoms with van der Waals surface area (Å²) >= 11 is 0. The molecule has 0 aromatic carbocycles. The van der Waals surface area contributed by atoms with Gasteiger partial charge in [0.1, 0.15) is 0 Å². The van der Waals surface area contributed by atoms with Gasteiger partial charge in [0.25, 0.3) is 0 Å². The summed E-state index contributed by atoms with van der Waals surface area (Å²) in [5.41, 5.74) is 0. The minimum atomic E-state index is -1.49. The standard InChI is InChI=1S/C10H16N2O8.2H3N.Zn/c13-7(14)3-11(4-8(15)16)1-2-12(5-9(17)18)6-10(19)20;;;/h1-6H2,(H,13,14)(H,15,16)(H,17,18)(H,19,20);2*1H3;/q;;;+2/p-2. The van der Waals surface area contributed by atoms with Crippen molar-refractivity contribution in [2.45, 2.75) is 0 Å². The van der Waals surface area contributed by atoms with Gasteiger partial charge >= 0.3 is 31.4 Å². The molecule has 0 amide bonds. The Morgan fingerprint density at radius 2 is 0.957 bits per heavy atom. The Morgan fingerprint density at radius 3 is 1.13 bits per heavy atom. The summed E-state index contributed by atoms with van der Waals surface area (Å²) in [5.74, 6) is -5.52. The Hall–Kier alpha value is -1.66. The average molecular weight is 390 g/mol. The van der Waals surface area contributed by atoms with E-state index < -0.39 is 50.1 Å². The van der Waals surface area contributed by atoms with Gasteiger partial charge in [0, 0.05) is 26.2 Å². The number of rotatable bonds is 11. The van der Waals surface area contributed by atoms with Crippen LogP contribution in [0.4, 0.5) is 0 Å². The first-order valence-electron chi connectivity index (χ1n) is 5.48. The van der Waals surface area contributed by atoms with Crippen LogP contribution in [0.5, 0.6) is 0 Å². The van der Waals surface area contributed by atoms with E-state index in [9.17, 15) is 29.4 Å². The summed E-state index contributed by atoms with van der Waals surface area (Å²) in [6, 6.07) is 0. The second-order valence-electron chi connectivity index (χ2n) is 3.95. The van der Waals surface area contributed by atoms with E-state index in [0.717, 1.165) is 9.80 Å². The summed E-state index contributed by atoms with van der Waals surface area (Å²) in [4.78, 5) is 43.9. The maximum Gasteiger partial charge on any atom is 2.00 e. The molecule has 0 atom stereocenters. The zero-order chi connectivity index (χ0) is 15.7. The second kappa shape index (κ2) is 15.2. The fourth-order valence-electron chi connectivity index (χ4n) is 1.46. The van der Waals surface area contributed by atoms with E-state index in [4.69, 9.17) is 10.2 Å². The number of carbonyl (C=O) groups excluding carboxylic acids is 2. The van der Waals surface area contributed by atoms with Crippen molar-refractivity contribution in [1.29, 1.82) is 0 Å². The first-order chi connectivity index (χ1) is 9.20. The third-order valence-electron chi connectivity index (χ3n) is 2.16. The Labute approximate surface area is 145 Å². The van der Waals surface area contributed by atoms with Crippen LogP contribution in [0.15, 0.2) is 0 Å². The van der Waals surface area contributed by atoms with Crippen LogP contribution in [0.2, 0.25) is 0 Å². The number of carboxylic acid groups (broad SMARTS) is 4. The van der Waals surface area contributed by atoms with Crippen molar-refractivity contribution >= 4 is 23.9 Å². The van der Waals surface area contributed by atoms with Crippen LogP contribution in [0.1, 0.15) is 0 Å². The van der Waals surface area contributed by atoms with Gasteiger partial charge in [-0.1, -0.05) is 0 Å². The molecule has 0 aromatic heterocycles. The predicted molar refractivity (Wildman–Crippen MR) is 68.2 cm³/mol. The molecule has 0 rings (SSSR count). The average Bonchev–Trinajstić information content (AvgIpc) is 2.22. The van der Waals surface area contributed by atoms with Crippen molar-refractivity contribution < 1.29 is 59.1 Å². The van der Waals surface area contributed by atoms with Crippen LogP contribution in [0, 0.1) is 0 Å². The molecule has 0 saturated heterocycles. The minimum Gasteiger partial charge on any atom is -0.549 e. The Morgan fingerprint density at radius 1 is 0.696 bits per heavy atom. The van der Waals surface area contributed by atoms with E-state index in [1.54, 1.807) is 0 Å². The van der Waals surface area contributed by atoms with E-state index in [1.807, 2.05) is 0 Å². The summed E-state index contributed by atoms with van der Waals surface area (Å²) in [7, 11) is 0. The van der Waals surface area contributed by atoms with Crippen LogP contribution in [0.3, 0.4) is 0 Å². The predicted octanol–water partition coefficient (Wildman–Crippen LogP) is -4.42. The Bertz CT molecular complexity index is 327. The van der Waals surface area contributed by atoms with Gasteiger partial charge in [-0.2, -0.15) is 0 Å². The first-order valence-corrected chi connectivity index (χ1v) is 5.48. The van der Waals surface area contributed by atoms with Gasteiger partial charge in [-0.15, -0.1) is 0 Å². The molecule has 0 unspecified atom stereocenters. The Kier molecular flexibility index (Phi) is 19.5. The fraction of sp³-hybridized carbons (Fsp3) is 0.600. The molecule has 0 aliphatic rings. The molecule has 0 saturated carbocycles. The fourth-order valence-corrected chi connectivity index (χ4v) is 1.46. The summed E-state index contributed by atoms with van der Waals surface area (Å²) in [5, 5.41) is 38.0. The normalized spacial score (nSPS) is 9.30. The number of nitrogens with zero attached hydrogens (tertiary/aromatic N) is 2. The van der Waals surface area contributed by atoms with E-state index >= 15 is 0 Å². The van der Waals surface area contributed by atoms with Gasteiger partial charge in [-0.25, -0.2) is 0 Å². The maximum absolute atomic E-state index is 10.5. The van der Waals surface area contributed by atoms with Gasteiger partial charge < -0.3 is 42.3 Å². The van der Waals surface area contributed by atoms with Crippen LogP contribution >= 0.6 is 0 Å². The molecule has 0 heterocycles. The molecule has 0 fully saturated rings. The van der Waals surface area contributed by atoms with E-state index in [1.165, 1.54) is 0 Å². The van der Waals surface area contributed by atoms with Crippen molar-refractivity contribution in [3.63, 3.8) is 0 Å².